The fraction of sp³-hybridized carbons (Fsp3) is 0.125. The second-order valence-electron chi connectivity index (χ2n) is 2.84. The zero-order valence-corrected chi connectivity index (χ0v) is 7.48. The summed E-state index contributed by atoms with van der Waals surface area (Å²) in [5.74, 6) is 0.222. The van der Waals surface area contributed by atoms with E-state index in [1.54, 1.807) is 6.92 Å². The Hall–Kier alpha value is -1.98. The quantitative estimate of drug-likeness (QED) is 0.676. The minimum absolute atomic E-state index is 0.306. The van der Waals surface area contributed by atoms with Crippen molar-refractivity contribution >= 4 is 5.69 Å². The highest BCUT2D eigenvalue weighted by atomic mass is 19.1. The molecule has 1 aromatic carbocycles. The summed E-state index contributed by atoms with van der Waals surface area (Å²) >= 11 is 0. The van der Waals surface area contributed by atoms with Crippen LogP contribution in [-0.2, 0) is 0 Å². The first-order valence-electron chi connectivity index (χ1n) is 3.99. The lowest BCUT2D eigenvalue weighted by Crippen LogP contribution is -2.03. The molecule has 72 valence electrons. The third-order valence-corrected chi connectivity index (χ3v) is 1.84. The maximum absolute atomic E-state index is 12.7. The van der Waals surface area contributed by atoms with Gasteiger partial charge < -0.3 is 5.73 Å². The summed E-state index contributed by atoms with van der Waals surface area (Å²) in [6.07, 6.45) is 0. The van der Waals surface area contributed by atoms with Gasteiger partial charge in [-0.3, -0.25) is 0 Å². The van der Waals surface area contributed by atoms with Crippen LogP contribution in [0.2, 0.25) is 0 Å². The normalized spacial score (nSPS) is 10.4. The molecule has 2 rings (SSSR count). The summed E-state index contributed by atoms with van der Waals surface area (Å²) in [5, 5.41) is 10.9. The summed E-state index contributed by atoms with van der Waals surface area (Å²) in [4.78, 5) is 0. The van der Waals surface area contributed by atoms with Gasteiger partial charge >= 0.3 is 0 Å². The Morgan fingerprint density at radius 1 is 1.43 bits per heavy atom. The first-order valence-corrected chi connectivity index (χ1v) is 3.99. The Kier molecular flexibility index (Phi) is 1.88. The largest absolute Gasteiger partial charge is 0.397 e. The first kappa shape index (κ1) is 8.61. The number of hydrogen-bond acceptors (Lipinski definition) is 4. The molecule has 0 aliphatic carbocycles. The summed E-state index contributed by atoms with van der Waals surface area (Å²) in [7, 11) is 0. The molecule has 0 saturated heterocycles. The minimum atomic E-state index is -0.378. The lowest BCUT2D eigenvalue weighted by Gasteiger charge is -2.04. The van der Waals surface area contributed by atoms with Gasteiger partial charge in [-0.2, -0.15) is 4.68 Å². The molecule has 1 heterocycles. The van der Waals surface area contributed by atoms with E-state index in [0.717, 1.165) is 0 Å². The SMILES string of the molecule is Cc1nnnn1-c1ccc(F)cc1N. The third kappa shape index (κ3) is 1.30. The van der Waals surface area contributed by atoms with Gasteiger partial charge in [0.25, 0.3) is 0 Å². The van der Waals surface area contributed by atoms with Crippen LogP contribution in [0.25, 0.3) is 5.69 Å². The van der Waals surface area contributed by atoms with E-state index >= 15 is 0 Å². The van der Waals surface area contributed by atoms with Crippen molar-refractivity contribution in [3.63, 3.8) is 0 Å². The van der Waals surface area contributed by atoms with Gasteiger partial charge in [-0.25, -0.2) is 4.39 Å². The van der Waals surface area contributed by atoms with Crippen LogP contribution in [-0.4, -0.2) is 20.2 Å². The molecule has 6 heteroatoms. The Bertz CT molecular complexity index is 465. The van der Waals surface area contributed by atoms with Crippen molar-refractivity contribution < 1.29 is 4.39 Å². The number of nitrogen functional groups attached to an aromatic ring is 1. The molecule has 0 bridgehead atoms. The Morgan fingerprint density at radius 2 is 2.21 bits per heavy atom. The summed E-state index contributed by atoms with van der Waals surface area (Å²) in [6, 6.07) is 4.08. The van der Waals surface area contributed by atoms with Crippen molar-refractivity contribution in [3.05, 3.63) is 29.8 Å². The van der Waals surface area contributed by atoms with Gasteiger partial charge in [-0.15, -0.1) is 5.10 Å². The van der Waals surface area contributed by atoms with Crippen LogP contribution in [0.5, 0.6) is 0 Å². The van der Waals surface area contributed by atoms with E-state index in [1.807, 2.05) is 0 Å². The van der Waals surface area contributed by atoms with Crippen LogP contribution in [0.3, 0.4) is 0 Å². The maximum atomic E-state index is 12.7. The number of halogens is 1. The van der Waals surface area contributed by atoms with Crippen molar-refractivity contribution in [1.82, 2.24) is 20.2 Å². The van der Waals surface area contributed by atoms with E-state index in [-0.39, 0.29) is 5.82 Å². The maximum Gasteiger partial charge on any atom is 0.153 e. The molecule has 0 spiro atoms. The molecule has 2 aromatic rings. The number of nitrogens with two attached hydrogens (primary N) is 1. The topological polar surface area (TPSA) is 69.6 Å². The highest BCUT2D eigenvalue weighted by Crippen LogP contribution is 2.17. The molecule has 0 unspecified atom stereocenters. The molecule has 0 radical (unpaired) electrons. The number of aryl methyl sites for hydroxylation is 1. The predicted molar refractivity (Wildman–Crippen MR) is 48.3 cm³/mol. The van der Waals surface area contributed by atoms with Crippen LogP contribution >= 0.6 is 0 Å². The number of rotatable bonds is 1. The summed E-state index contributed by atoms with van der Waals surface area (Å²) in [6.45, 7) is 1.74. The highest BCUT2D eigenvalue weighted by molar-refractivity contribution is 5.57. The average molecular weight is 193 g/mol. The standard InChI is InChI=1S/C8H8FN5/c1-5-11-12-13-14(5)8-3-2-6(9)4-7(8)10/h2-4H,10H2,1H3. The Labute approximate surface area is 79.3 Å². The molecular weight excluding hydrogens is 185 g/mol. The van der Waals surface area contributed by atoms with Gasteiger partial charge in [0.15, 0.2) is 5.82 Å². The molecular formula is C8H8FN5. The molecule has 0 aliphatic heterocycles. The van der Waals surface area contributed by atoms with E-state index in [2.05, 4.69) is 15.5 Å². The van der Waals surface area contributed by atoms with E-state index < -0.39 is 0 Å². The zero-order chi connectivity index (χ0) is 10.1. The fourth-order valence-corrected chi connectivity index (χ4v) is 1.17. The lowest BCUT2D eigenvalue weighted by molar-refractivity contribution is 0.627. The smallest absolute Gasteiger partial charge is 0.153 e. The number of aromatic nitrogens is 4. The van der Waals surface area contributed by atoms with Crippen LogP contribution in [0.1, 0.15) is 5.82 Å². The molecule has 0 fully saturated rings. The Morgan fingerprint density at radius 3 is 2.79 bits per heavy atom. The molecule has 0 atom stereocenters. The van der Waals surface area contributed by atoms with Crippen LogP contribution < -0.4 is 5.73 Å². The van der Waals surface area contributed by atoms with Gasteiger partial charge in [0.05, 0.1) is 11.4 Å². The number of tetrazole rings is 1. The average Bonchev–Trinajstić information content (AvgIpc) is 2.52. The molecule has 0 amide bonds. The molecule has 14 heavy (non-hydrogen) atoms. The van der Waals surface area contributed by atoms with E-state index in [9.17, 15) is 4.39 Å². The predicted octanol–water partition coefficient (Wildman–Crippen LogP) is 0.692. The fourth-order valence-electron chi connectivity index (χ4n) is 1.17. The van der Waals surface area contributed by atoms with E-state index in [0.29, 0.717) is 17.2 Å². The van der Waals surface area contributed by atoms with Crippen molar-refractivity contribution in [3.8, 4) is 5.69 Å². The highest BCUT2D eigenvalue weighted by Gasteiger charge is 2.07. The first-order chi connectivity index (χ1) is 6.68. The zero-order valence-electron chi connectivity index (χ0n) is 7.48. The molecule has 0 aliphatic rings. The van der Waals surface area contributed by atoms with Gasteiger partial charge in [-0.05, 0) is 35.5 Å². The van der Waals surface area contributed by atoms with Crippen LogP contribution in [0.4, 0.5) is 10.1 Å². The lowest BCUT2D eigenvalue weighted by atomic mass is 10.2. The second kappa shape index (κ2) is 3.06. The van der Waals surface area contributed by atoms with Gasteiger partial charge in [0, 0.05) is 0 Å². The van der Waals surface area contributed by atoms with Crippen molar-refractivity contribution in [2.24, 2.45) is 0 Å². The van der Waals surface area contributed by atoms with Gasteiger partial charge in [0.2, 0.25) is 0 Å². The number of anilines is 1. The molecule has 1 aromatic heterocycles. The summed E-state index contributed by atoms with van der Waals surface area (Å²) in [5.41, 5.74) is 6.51. The van der Waals surface area contributed by atoms with E-state index in [1.165, 1.54) is 22.9 Å². The molecule has 0 saturated carbocycles. The monoisotopic (exact) mass is 193 g/mol. The van der Waals surface area contributed by atoms with Crippen molar-refractivity contribution in [1.29, 1.82) is 0 Å². The number of nitrogens with zero attached hydrogens (tertiary/aromatic N) is 4. The molecule has 5 nitrogen and oxygen atoms in total. The molecule has 2 N–H and O–H groups in total. The number of benzene rings is 1. The Balaban J connectivity index is 2.58. The van der Waals surface area contributed by atoms with Crippen LogP contribution in [0, 0.1) is 12.7 Å². The van der Waals surface area contributed by atoms with Crippen LogP contribution in [0.15, 0.2) is 18.2 Å². The van der Waals surface area contributed by atoms with Crippen molar-refractivity contribution in [2.45, 2.75) is 6.92 Å². The minimum Gasteiger partial charge on any atom is -0.397 e. The van der Waals surface area contributed by atoms with Gasteiger partial charge in [-0.1, -0.05) is 0 Å². The third-order valence-electron chi connectivity index (χ3n) is 1.84. The second-order valence-corrected chi connectivity index (χ2v) is 2.84. The van der Waals surface area contributed by atoms with Gasteiger partial charge in [0.1, 0.15) is 5.82 Å². The summed E-state index contributed by atoms with van der Waals surface area (Å²) < 4.78 is 14.2. The van der Waals surface area contributed by atoms with E-state index in [4.69, 9.17) is 5.73 Å². The number of hydrogen-bond donors (Lipinski definition) is 1. The van der Waals surface area contributed by atoms with Crippen molar-refractivity contribution in [2.75, 3.05) is 5.73 Å².